The maximum atomic E-state index is 13.6. The largest absolute Gasteiger partial charge is 0.411 e. The molecule has 1 saturated carbocycles. The number of carbonyl (C=O) groups is 1. The number of unbranched alkanes of at least 4 members (excludes halogenated alkanes) is 4. The minimum atomic E-state index is -3.27. The molecule has 0 atom stereocenters. The van der Waals surface area contributed by atoms with Crippen LogP contribution in [-0.4, -0.2) is 5.97 Å². The minimum Gasteiger partial charge on any atom is -0.411 e. The summed E-state index contributed by atoms with van der Waals surface area (Å²) in [5.41, 5.74) is -0.113. The van der Waals surface area contributed by atoms with E-state index >= 15 is 0 Å². The van der Waals surface area contributed by atoms with Gasteiger partial charge in [0, 0.05) is 0 Å². The summed E-state index contributed by atoms with van der Waals surface area (Å²) in [6.45, 7) is 2.21. The van der Waals surface area contributed by atoms with Gasteiger partial charge in [-0.05, 0) is 49.1 Å². The average Bonchev–Trinajstić information content (AvgIpc) is 3.07. The number of halogens is 4. The Bertz CT molecular complexity index is 888. The number of benzene rings is 1. The van der Waals surface area contributed by atoms with E-state index in [1.165, 1.54) is 38.5 Å². The van der Waals surface area contributed by atoms with Gasteiger partial charge in [0.25, 0.3) is 6.43 Å². The van der Waals surface area contributed by atoms with Gasteiger partial charge in [-0.2, -0.15) is 4.39 Å². The molecule has 0 amide bonds. The van der Waals surface area contributed by atoms with Crippen LogP contribution in [0.15, 0.2) is 24.3 Å². The fraction of sp³-hybridized carbons (Fsp3) is 0.560. The molecule has 0 bridgehead atoms. The van der Waals surface area contributed by atoms with Gasteiger partial charge in [0.2, 0.25) is 5.13 Å². The Morgan fingerprint density at radius 3 is 2.44 bits per heavy atom. The van der Waals surface area contributed by atoms with Crippen molar-refractivity contribution in [2.24, 2.45) is 5.92 Å². The summed E-state index contributed by atoms with van der Waals surface area (Å²) in [4.78, 5) is 12.8. The minimum absolute atomic E-state index is 0.0816. The molecule has 1 fully saturated rings. The van der Waals surface area contributed by atoms with Crippen molar-refractivity contribution >= 4 is 17.3 Å². The number of rotatable bonds is 10. The first-order valence-corrected chi connectivity index (χ1v) is 12.3. The van der Waals surface area contributed by atoms with Gasteiger partial charge in [0.1, 0.15) is 5.56 Å². The predicted molar refractivity (Wildman–Crippen MR) is 119 cm³/mol. The predicted octanol–water partition coefficient (Wildman–Crippen LogP) is 8.82. The third-order valence-corrected chi connectivity index (χ3v) is 7.25. The standard InChI is InChI=1S/C25H30F4O2S/c1-2-3-4-5-6-9-16-12-14-17(15-13-16)18-10-7-8-11-19(18)24(30)31-25-20(22(27)28)21(26)23(29)32-25/h7-8,10-11,16-17,22H,2-6,9,12-15H2,1H3/t16-,17-. The smallest absolute Gasteiger partial charge is 0.344 e. The summed E-state index contributed by atoms with van der Waals surface area (Å²) < 4.78 is 58.4. The van der Waals surface area contributed by atoms with Gasteiger partial charge in [-0.15, -0.1) is 0 Å². The second-order valence-electron chi connectivity index (χ2n) is 8.59. The molecular weight excluding hydrogens is 440 g/mol. The van der Waals surface area contributed by atoms with Crippen molar-refractivity contribution < 1.29 is 27.1 Å². The van der Waals surface area contributed by atoms with Crippen molar-refractivity contribution in [2.45, 2.75) is 83.5 Å². The molecule has 0 radical (unpaired) electrons. The van der Waals surface area contributed by atoms with E-state index in [4.69, 9.17) is 4.74 Å². The molecule has 0 unspecified atom stereocenters. The van der Waals surface area contributed by atoms with E-state index in [1.54, 1.807) is 12.1 Å². The van der Waals surface area contributed by atoms with E-state index in [9.17, 15) is 22.4 Å². The molecule has 0 aliphatic heterocycles. The number of alkyl halides is 2. The molecule has 0 N–H and O–H groups in total. The lowest BCUT2D eigenvalue weighted by molar-refractivity contribution is 0.0726. The quantitative estimate of drug-likeness (QED) is 0.197. The molecule has 1 aliphatic rings. The zero-order valence-electron chi connectivity index (χ0n) is 18.3. The normalized spacial score (nSPS) is 18.8. The Kier molecular flexibility index (Phi) is 9.14. The fourth-order valence-electron chi connectivity index (χ4n) is 4.61. The molecule has 2 aromatic rings. The number of ether oxygens (including phenoxy) is 1. The summed E-state index contributed by atoms with van der Waals surface area (Å²) in [7, 11) is 0. The second kappa shape index (κ2) is 11.8. The summed E-state index contributed by atoms with van der Waals surface area (Å²) >= 11 is 0.0816. The van der Waals surface area contributed by atoms with Crippen molar-refractivity contribution in [1.82, 2.24) is 0 Å². The summed E-state index contributed by atoms with van der Waals surface area (Å²) in [5, 5.41) is -2.13. The van der Waals surface area contributed by atoms with Gasteiger partial charge in [-0.3, -0.25) is 0 Å². The molecule has 3 rings (SSSR count). The van der Waals surface area contributed by atoms with Crippen molar-refractivity contribution in [1.29, 1.82) is 0 Å². The van der Waals surface area contributed by atoms with Crippen molar-refractivity contribution in [3.8, 4) is 5.06 Å². The molecule has 0 spiro atoms. The van der Waals surface area contributed by atoms with Crippen LogP contribution in [0, 0.1) is 16.9 Å². The van der Waals surface area contributed by atoms with Crippen LogP contribution in [0.4, 0.5) is 17.6 Å². The van der Waals surface area contributed by atoms with E-state index in [1.807, 2.05) is 12.1 Å². The fourth-order valence-corrected chi connectivity index (χ4v) is 5.38. The van der Waals surface area contributed by atoms with E-state index < -0.39 is 34.0 Å². The second-order valence-corrected chi connectivity index (χ2v) is 9.52. The number of esters is 1. The molecule has 1 aromatic heterocycles. The topological polar surface area (TPSA) is 26.3 Å². The zero-order valence-corrected chi connectivity index (χ0v) is 19.2. The Morgan fingerprint density at radius 1 is 1.06 bits per heavy atom. The number of carbonyl (C=O) groups excluding carboxylic acids is 1. The highest BCUT2D eigenvalue weighted by Gasteiger charge is 2.30. The summed E-state index contributed by atoms with van der Waals surface area (Å²) in [6, 6.07) is 6.95. The Labute approximate surface area is 191 Å². The van der Waals surface area contributed by atoms with Gasteiger partial charge < -0.3 is 4.74 Å². The highest BCUT2D eigenvalue weighted by molar-refractivity contribution is 7.12. The maximum absolute atomic E-state index is 13.6. The molecule has 0 saturated heterocycles. The van der Waals surface area contributed by atoms with Gasteiger partial charge in [-0.1, -0.05) is 75.0 Å². The molecule has 1 heterocycles. The molecule has 176 valence electrons. The van der Waals surface area contributed by atoms with Gasteiger partial charge >= 0.3 is 5.97 Å². The Hall–Kier alpha value is -1.89. The van der Waals surface area contributed by atoms with E-state index in [-0.39, 0.29) is 22.8 Å². The van der Waals surface area contributed by atoms with Gasteiger partial charge in [0.15, 0.2) is 10.9 Å². The van der Waals surface area contributed by atoms with E-state index in [0.717, 1.165) is 31.2 Å². The van der Waals surface area contributed by atoms with Crippen LogP contribution in [0.3, 0.4) is 0 Å². The first-order chi connectivity index (χ1) is 15.4. The van der Waals surface area contributed by atoms with Gasteiger partial charge in [-0.25, -0.2) is 18.0 Å². The Balaban J connectivity index is 1.63. The van der Waals surface area contributed by atoms with Crippen LogP contribution < -0.4 is 4.74 Å². The number of hydrogen-bond acceptors (Lipinski definition) is 3. The first kappa shape index (κ1) is 24.7. The molecule has 1 aromatic carbocycles. The van der Waals surface area contributed by atoms with Gasteiger partial charge in [0.05, 0.1) is 5.56 Å². The van der Waals surface area contributed by atoms with E-state index in [2.05, 4.69) is 6.92 Å². The number of thiophene rings is 1. The molecule has 32 heavy (non-hydrogen) atoms. The van der Waals surface area contributed by atoms with Crippen LogP contribution >= 0.6 is 11.3 Å². The molecule has 2 nitrogen and oxygen atoms in total. The van der Waals surface area contributed by atoms with Crippen LogP contribution in [0.2, 0.25) is 0 Å². The Morgan fingerprint density at radius 2 is 1.75 bits per heavy atom. The highest BCUT2D eigenvalue weighted by Crippen LogP contribution is 2.41. The highest BCUT2D eigenvalue weighted by atomic mass is 32.1. The number of hydrogen-bond donors (Lipinski definition) is 0. The lowest BCUT2D eigenvalue weighted by Crippen LogP contribution is -2.18. The lowest BCUT2D eigenvalue weighted by Gasteiger charge is -2.29. The summed E-state index contributed by atoms with van der Waals surface area (Å²) in [5.74, 6) is -1.63. The summed E-state index contributed by atoms with van der Waals surface area (Å²) in [6.07, 6.45) is 8.45. The van der Waals surface area contributed by atoms with E-state index in [0.29, 0.717) is 5.92 Å². The molecular formula is C25H30F4O2S. The third-order valence-electron chi connectivity index (χ3n) is 6.40. The van der Waals surface area contributed by atoms with Crippen LogP contribution in [-0.2, 0) is 0 Å². The molecule has 1 aliphatic carbocycles. The van der Waals surface area contributed by atoms with Crippen LogP contribution in [0.5, 0.6) is 5.06 Å². The molecule has 7 heteroatoms. The van der Waals surface area contributed by atoms with Crippen LogP contribution in [0.25, 0.3) is 0 Å². The third kappa shape index (κ3) is 6.12. The zero-order chi connectivity index (χ0) is 23.1. The maximum Gasteiger partial charge on any atom is 0.344 e. The van der Waals surface area contributed by atoms with Crippen molar-refractivity contribution in [2.75, 3.05) is 0 Å². The van der Waals surface area contributed by atoms with Crippen molar-refractivity contribution in [3.63, 3.8) is 0 Å². The first-order valence-electron chi connectivity index (χ1n) is 11.5. The average molecular weight is 471 g/mol. The lowest BCUT2D eigenvalue weighted by atomic mass is 9.76. The SMILES string of the molecule is CCCCCCC[C@H]1CC[C@H](c2ccccc2C(=O)Oc2sc(F)c(F)c2C(F)F)CC1. The monoisotopic (exact) mass is 470 g/mol. The van der Waals surface area contributed by atoms with Crippen molar-refractivity contribution in [3.05, 3.63) is 51.9 Å². The van der Waals surface area contributed by atoms with Crippen LogP contribution in [0.1, 0.15) is 105 Å².